The van der Waals surface area contributed by atoms with Crippen molar-refractivity contribution >= 4 is 16.2 Å². The minimum absolute atomic E-state index is 0.209. The smallest absolute Gasteiger partial charge is 0.200 e. The van der Waals surface area contributed by atoms with Gasteiger partial charge < -0.3 is 0 Å². The van der Waals surface area contributed by atoms with Crippen LogP contribution in [0.2, 0.25) is 0 Å². The van der Waals surface area contributed by atoms with Crippen molar-refractivity contribution in [1.82, 2.24) is 4.83 Å². The summed E-state index contributed by atoms with van der Waals surface area (Å²) in [6.45, 7) is 5.74. The number of aryl methyl sites for hydroxylation is 1. The molecule has 0 aliphatic rings. The summed E-state index contributed by atoms with van der Waals surface area (Å²) in [4.78, 5) is 2.39. The van der Waals surface area contributed by atoms with E-state index in [1.54, 1.807) is 30.5 Å². The van der Waals surface area contributed by atoms with Crippen molar-refractivity contribution in [2.45, 2.75) is 25.7 Å². The molecule has 0 atom stereocenters. The number of sulfonamides is 1. The molecular weight excluding hydrogens is 224 g/mol. The van der Waals surface area contributed by atoms with Gasteiger partial charge in [0, 0.05) is 6.21 Å². The molecule has 4 nitrogen and oxygen atoms in total. The number of benzene rings is 1. The Bertz CT molecular complexity index is 461. The lowest BCUT2D eigenvalue weighted by atomic mass is 10.2. The SMILES string of the molecule is Cc1ccc(S(=O)(=O)NN=CC(C)C)cc1. The summed E-state index contributed by atoms with van der Waals surface area (Å²) < 4.78 is 23.4. The maximum atomic E-state index is 11.7. The van der Waals surface area contributed by atoms with Gasteiger partial charge in [0.15, 0.2) is 0 Å². The zero-order chi connectivity index (χ0) is 12.2. The van der Waals surface area contributed by atoms with Gasteiger partial charge in [0.25, 0.3) is 10.0 Å². The molecule has 0 fully saturated rings. The Morgan fingerprint density at radius 3 is 2.31 bits per heavy atom. The van der Waals surface area contributed by atoms with Crippen LogP contribution in [0, 0.1) is 12.8 Å². The van der Waals surface area contributed by atoms with Gasteiger partial charge in [0.1, 0.15) is 0 Å². The summed E-state index contributed by atoms with van der Waals surface area (Å²) in [5.74, 6) is 0.209. The molecule has 1 N–H and O–H groups in total. The van der Waals surface area contributed by atoms with Gasteiger partial charge in [-0.15, -0.1) is 0 Å². The van der Waals surface area contributed by atoms with Crippen LogP contribution in [0.4, 0.5) is 0 Å². The normalized spacial score (nSPS) is 12.2. The summed E-state index contributed by atoms with van der Waals surface area (Å²) in [5, 5.41) is 3.68. The third-order valence-corrected chi connectivity index (χ3v) is 3.12. The summed E-state index contributed by atoms with van der Waals surface area (Å²) in [6, 6.07) is 6.62. The average molecular weight is 240 g/mol. The molecule has 0 radical (unpaired) electrons. The number of hydrogen-bond acceptors (Lipinski definition) is 3. The zero-order valence-electron chi connectivity index (χ0n) is 9.64. The molecule has 1 rings (SSSR count). The standard InChI is InChI=1S/C11H16N2O2S/c1-9(2)8-12-13-16(14,15)11-6-4-10(3)5-7-11/h4-9,13H,1-3H3. The van der Waals surface area contributed by atoms with E-state index in [0.29, 0.717) is 0 Å². The minimum Gasteiger partial charge on any atom is -0.200 e. The molecular formula is C11H16N2O2S. The van der Waals surface area contributed by atoms with Crippen LogP contribution in [0.3, 0.4) is 0 Å². The van der Waals surface area contributed by atoms with Gasteiger partial charge in [-0.05, 0) is 25.0 Å². The highest BCUT2D eigenvalue weighted by molar-refractivity contribution is 7.89. The lowest BCUT2D eigenvalue weighted by Gasteiger charge is -2.03. The first-order chi connectivity index (χ1) is 7.42. The minimum atomic E-state index is -3.52. The van der Waals surface area contributed by atoms with Crippen molar-refractivity contribution in [1.29, 1.82) is 0 Å². The number of rotatable bonds is 4. The molecule has 0 aliphatic heterocycles. The zero-order valence-corrected chi connectivity index (χ0v) is 10.5. The van der Waals surface area contributed by atoms with Crippen molar-refractivity contribution in [2.24, 2.45) is 11.0 Å². The van der Waals surface area contributed by atoms with Crippen LogP contribution in [0.5, 0.6) is 0 Å². The fourth-order valence-electron chi connectivity index (χ4n) is 1.02. The molecule has 0 spiro atoms. The summed E-state index contributed by atoms with van der Waals surface area (Å²) >= 11 is 0. The van der Waals surface area contributed by atoms with Gasteiger partial charge in [-0.2, -0.15) is 13.5 Å². The van der Waals surface area contributed by atoms with Crippen LogP contribution in [-0.2, 0) is 10.0 Å². The highest BCUT2D eigenvalue weighted by atomic mass is 32.2. The van der Waals surface area contributed by atoms with Crippen molar-refractivity contribution in [3.05, 3.63) is 29.8 Å². The molecule has 0 amide bonds. The fraction of sp³-hybridized carbons (Fsp3) is 0.364. The van der Waals surface area contributed by atoms with Crippen LogP contribution >= 0.6 is 0 Å². The summed E-state index contributed by atoms with van der Waals surface area (Å²) in [6.07, 6.45) is 1.55. The van der Waals surface area contributed by atoms with E-state index in [4.69, 9.17) is 0 Å². The third-order valence-electron chi connectivity index (χ3n) is 1.88. The van der Waals surface area contributed by atoms with Crippen molar-refractivity contribution in [3.8, 4) is 0 Å². The number of nitrogens with one attached hydrogen (secondary N) is 1. The number of hydrogen-bond donors (Lipinski definition) is 1. The van der Waals surface area contributed by atoms with Crippen LogP contribution in [0.25, 0.3) is 0 Å². The van der Waals surface area contributed by atoms with Gasteiger partial charge in [-0.1, -0.05) is 31.5 Å². The van der Waals surface area contributed by atoms with Gasteiger partial charge in [-0.3, -0.25) is 0 Å². The van der Waals surface area contributed by atoms with Crippen molar-refractivity contribution in [2.75, 3.05) is 0 Å². The van der Waals surface area contributed by atoms with E-state index >= 15 is 0 Å². The number of nitrogens with zero attached hydrogens (tertiary/aromatic N) is 1. The fourth-order valence-corrected chi connectivity index (χ4v) is 1.82. The van der Waals surface area contributed by atoms with Crippen LogP contribution in [0.1, 0.15) is 19.4 Å². The molecule has 5 heteroatoms. The second-order valence-corrected chi connectivity index (χ2v) is 5.59. The predicted molar refractivity (Wildman–Crippen MR) is 64.8 cm³/mol. The molecule has 0 heterocycles. The van der Waals surface area contributed by atoms with Crippen molar-refractivity contribution < 1.29 is 8.42 Å². The Balaban J connectivity index is 2.82. The lowest BCUT2D eigenvalue weighted by molar-refractivity contribution is 0.584. The van der Waals surface area contributed by atoms with E-state index in [0.717, 1.165) is 5.56 Å². The Labute approximate surface area is 96.4 Å². The molecule has 1 aromatic carbocycles. The first-order valence-corrected chi connectivity index (χ1v) is 6.52. The van der Waals surface area contributed by atoms with Crippen LogP contribution < -0.4 is 4.83 Å². The molecule has 16 heavy (non-hydrogen) atoms. The van der Waals surface area contributed by atoms with Crippen LogP contribution in [0.15, 0.2) is 34.3 Å². The largest absolute Gasteiger partial charge is 0.276 e. The predicted octanol–water partition coefficient (Wildman–Crippen LogP) is 1.92. The summed E-state index contributed by atoms with van der Waals surface area (Å²) in [7, 11) is -3.52. The molecule has 0 unspecified atom stereocenters. The average Bonchev–Trinajstić information content (AvgIpc) is 2.17. The molecule has 88 valence electrons. The molecule has 0 aromatic heterocycles. The topological polar surface area (TPSA) is 58.5 Å². The van der Waals surface area contributed by atoms with E-state index in [1.165, 1.54) is 0 Å². The maximum Gasteiger partial charge on any atom is 0.276 e. The second kappa shape index (κ2) is 5.12. The quantitative estimate of drug-likeness (QED) is 0.645. The van der Waals surface area contributed by atoms with Gasteiger partial charge in [0.05, 0.1) is 4.90 Å². The van der Waals surface area contributed by atoms with Crippen LogP contribution in [-0.4, -0.2) is 14.6 Å². The lowest BCUT2D eigenvalue weighted by Crippen LogP contribution is -2.18. The Morgan fingerprint density at radius 1 is 1.25 bits per heavy atom. The van der Waals surface area contributed by atoms with Gasteiger partial charge in [-0.25, -0.2) is 4.83 Å². The highest BCUT2D eigenvalue weighted by Gasteiger charge is 2.11. The number of hydrazone groups is 1. The van der Waals surface area contributed by atoms with E-state index in [2.05, 4.69) is 9.93 Å². The van der Waals surface area contributed by atoms with E-state index < -0.39 is 10.0 Å². The van der Waals surface area contributed by atoms with Crippen molar-refractivity contribution in [3.63, 3.8) is 0 Å². The molecule has 0 bridgehead atoms. The Hall–Kier alpha value is -1.36. The Kier molecular flexibility index (Phi) is 4.06. The van der Waals surface area contributed by atoms with E-state index in [1.807, 2.05) is 20.8 Å². The molecule has 0 saturated carbocycles. The third kappa shape index (κ3) is 3.66. The second-order valence-electron chi connectivity index (χ2n) is 3.93. The molecule has 0 aliphatic carbocycles. The highest BCUT2D eigenvalue weighted by Crippen LogP contribution is 2.09. The first kappa shape index (κ1) is 12.7. The van der Waals surface area contributed by atoms with Gasteiger partial charge >= 0.3 is 0 Å². The van der Waals surface area contributed by atoms with E-state index in [9.17, 15) is 8.42 Å². The Morgan fingerprint density at radius 2 is 1.81 bits per heavy atom. The maximum absolute atomic E-state index is 11.7. The monoisotopic (exact) mass is 240 g/mol. The first-order valence-electron chi connectivity index (χ1n) is 5.03. The van der Waals surface area contributed by atoms with E-state index in [-0.39, 0.29) is 10.8 Å². The van der Waals surface area contributed by atoms with Gasteiger partial charge in [0.2, 0.25) is 0 Å². The molecule has 0 saturated heterocycles. The summed E-state index contributed by atoms with van der Waals surface area (Å²) in [5.41, 5.74) is 1.02. The molecule has 1 aromatic rings.